The molecule has 0 bridgehead atoms. The summed E-state index contributed by atoms with van der Waals surface area (Å²) in [6.07, 6.45) is 1.55. The average Bonchev–Trinajstić information content (AvgIpc) is 3.07. The Balaban J connectivity index is 1.55. The molecule has 1 amide bonds. The van der Waals surface area contributed by atoms with Crippen molar-refractivity contribution in [3.8, 4) is 0 Å². The summed E-state index contributed by atoms with van der Waals surface area (Å²) in [6.45, 7) is 7.89. The lowest BCUT2D eigenvalue weighted by atomic mass is 9.95. The van der Waals surface area contributed by atoms with Gasteiger partial charge in [-0.2, -0.15) is 4.37 Å². The molecule has 1 N–H and O–H groups in total. The van der Waals surface area contributed by atoms with E-state index in [2.05, 4.69) is 40.3 Å². The van der Waals surface area contributed by atoms with E-state index in [1.807, 2.05) is 0 Å². The Kier molecular flexibility index (Phi) is 5.03. The van der Waals surface area contributed by atoms with E-state index in [4.69, 9.17) is 0 Å². The monoisotopic (exact) mass is 362 g/mol. The number of rotatable bonds is 3. The molecule has 0 unspecified atom stereocenters. The van der Waals surface area contributed by atoms with Crippen molar-refractivity contribution in [3.05, 3.63) is 35.9 Å². The number of piperidine rings is 1. The van der Waals surface area contributed by atoms with Gasteiger partial charge >= 0.3 is 0 Å². The van der Waals surface area contributed by atoms with E-state index in [9.17, 15) is 9.18 Å². The molecule has 1 saturated heterocycles. The third-order valence-corrected chi connectivity index (χ3v) is 5.11. The first-order valence-corrected chi connectivity index (χ1v) is 9.26. The Labute approximate surface area is 151 Å². The molecule has 1 aliphatic rings. The second-order valence-electron chi connectivity index (χ2n) is 7.41. The van der Waals surface area contributed by atoms with Crippen molar-refractivity contribution in [3.63, 3.8) is 0 Å². The molecule has 0 radical (unpaired) electrons. The summed E-state index contributed by atoms with van der Waals surface area (Å²) >= 11 is 1.43. The first kappa shape index (κ1) is 17.8. The average molecular weight is 362 g/mol. The third kappa shape index (κ3) is 4.34. The van der Waals surface area contributed by atoms with Gasteiger partial charge in [-0.25, -0.2) is 9.37 Å². The minimum absolute atomic E-state index is 0.00102. The maximum Gasteiger partial charge on any atom is 0.227 e. The van der Waals surface area contributed by atoms with Crippen molar-refractivity contribution < 1.29 is 9.18 Å². The zero-order valence-electron chi connectivity index (χ0n) is 14.8. The molecule has 3 rings (SSSR count). The molecule has 0 aliphatic carbocycles. The van der Waals surface area contributed by atoms with Gasteiger partial charge in [0.25, 0.3) is 0 Å². The summed E-state index contributed by atoms with van der Waals surface area (Å²) in [7, 11) is 0. The maximum atomic E-state index is 12.9. The number of anilines is 2. The van der Waals surface area contributed by atoms with Crippen molar-refractivity contribution in [2.75, 3.05) is 23.3 Å². The maximum absolute atomic E-state index is 12.9. The van der Waals surface area contributed by atoms with Crippen LogP contribution in [0.5, 0.6) is 0 Å². The van der Waals surface area contributed by atoms with Gasteiger partial charge in [-0.15, -0.1) is 0 Å². The Bertz CT molecular complexity index is 730. The second-order valence-corrected chi connectivity index (χ2v) is 8.14. The standard InChI is InChI=1S/C18H23FN4OS/c1-18(2,3)16-21-17(25-22-16)23-10-8-12(9-11-23)15(24)20-14-6-4-13(19)5-7-14/h4-7,12H,8-11H2,1-3H3,(H,20,24). The van der Waals surface area contributed by atoms with E-state index < -0.39 is 0 Å². The van der Waals surface area contributed by atoms with Gasteiger partial charge in [0, 0.05) is 41.6 Å². The van der Waals surface area contributed by atoms with Crippen LogP contribution < -0.4 is 10.2 Å². The van der Waals surface area contributed by atoms with Gasteiger partial charge in [0.05, 0.1) is 0 Å². The SMILES string of the molecule is CC(C)(C)c1nsc(N2CCC(C(=O)Nc3ccc(F)cc3)CC2)n1. The highest BCUT2D eigenvalue weighted by Crippen LogP contribution is 2.29. The molecule has 134 valence electrons. The molecule has 1 aliphatic heterocycles. The third-order valence-electron chi connectivity index (χ3n) is 4.33. The minimum atomic E-state index is -0.307. The van der Waals surface area contributed by atoms with Gasteiger partial charge in [-0.1, -0.05) is 20.8 Å². The first-order valence-electron chi connectivity index (χ1n) is 8.48. The minimum Gasteiger partial charge on any atom is -0.347 e. The lowest BCUT2D eigenvalue weighted by molar-refractivity contribution is -0.120. The van der Waals surface area contributed by atoms with E-state index >= 15 is 0 Å². The van der Waals surface area contributed by atoms with E-state index in [0.29, 0.717) is 5.69 Å². The largest absolute Gasteiger partial charge is 0.347 e. The van der Waals surface area contributed by atoms with Crippen LogP contribution in [0.3, 0.4) is 0 Å². The summed E-state index contributed by atoms with van der Waals surface area (Å²) in [5.41, 5.74) is 0.579. The Morgan fingerprint density at radius 3 is 2.44 bits per heavy atom. The fourth-order valence-electron chi connectivity index (χ4n) is 2.76. The summed E-state index contributed by atoms with van der Waals surface area (Å²) in [5, 5.41) is 3.80. The molecule has 2 heterocycles. The number of aromatic nitrogens is 2. The molecule has 0 spiro atoms. The summed E-state index contributed by atoms with van der Waals surface area (Å²) < 4.78 is 17.4. The molecule has 1 fully saturated rings. The number of amides is 1. The fraction of sp³-hybridized carbons (Fsp3) is 0.500. The lowest BCUT2D eigenvalue weighted by Crippen LogP contribution is -2.38. The lowest BCUT2D eigenvalue weighted by Gasteiger charge is -2.30. The molecule has 2 aromatic rings. The van der Waals surface area contributed by atoms with Crippen LogP contribution >= 0.6 is 11.5 Å². The molecule has 0 atom stereocenters. The second kappa shape index (κ2) is 7.07. The zero-order valence-corrected chi connectivity index (χ0v) is 15.6. The number of hydrogen-bond donors (Lipinski definition) is 1. The van der Waals surface area contributed by atoms with Crippen LogP contribution in [-0.4, -0.2) is 28.4 Å². The smallest absolute Gasteiger partial charge is 0.227 e. The quantitative estimate of drug-likeness (QED) is 0.901. The molecular formula is C18H23FN4OS. The molecular weight excluding hydrogens is 339 g/mol. The van der Waals surface area contributed by atoms with Crippen molar-refractivity contribution in [1.29, 1.82) is 0 Å². The Hall–Kier alpha value is -2.02. The van der Waals surface area contributed by atoms with Gasteiger partial charge in [-0.3, -0.25) is 4.79 Å². The number of nitrogens with zero attached hydrogens (tertiary/aromatic N) is 3. The molecule has 0 saturated carbocycles. The van der Waals surface area contributed by atoms with E-state index in [1.165, 1.54) is 23.7 Å². The van der Waals surface area contributed by atoms with Crippen molar-refractivity contribution in [2.24, 2.45) is 5.92 Å². The van der Waals surface area contributed by atoms with E-state index in [-0.39, 0.29) is 23.1 Å². The highest BCUT2D eigenvalue weighted by molar-refractivity contribution is 7.09. The van der Waals surface area contributed by atoms with Gasteiger partial charge in [0.2, 0.25) is 11.0 Å². The van der Waals surface area contributed by atoms with Crippen LogP contribution in [-0.2, 0) is 10.2 Å². The zero-order chi connectivity index (χ0) is 18.0. The van der Waals surface area contributed by atoms with E-state index in [1.54, 1.807) is 12.1 Å². The van der Waals surface area contributed by atoms with Crippen LogP contribution in [0.2, 0.25) is 0 Å². The van der Waals surface area contributed by atoms with Crippen LogP contribution in [0.25, 0.3) is 0 Å². The number of carbonyl (C=O) groups is 1. The van der Waals surface area contributed by atoms with E-state index in [0.717, 1.165) is 36.9 Å². The number of carbonyl (C=O) groups excluding carboxylic acids is 1. The number of benzene rings is 1. The highest BCUT2D eigenvalue weighted by atomic mass is 32.1. The summed E-state index contributed by atoms with van der Waals surface area (Å²) in [6, 6.07) is 5.86. The highest BCUT2D eigenvalue weighted by Gasteiger charge is 2.28. The molecule has 1 aromatic carbocycles. The Morgan fingerprint density at radius 1 is 1.24 bits per heavy atom. The predicted octanol–water partition coefficient (Wildman–Crippen LogP) is 3.83. The topological polar surface area (TPSA) is 58.1 Å². The predicted molar refractivity (Wildman–Crippen MR) is 98.6 cm³/mol. The van der Waals surface area contributed by atoms with Gasteiger partial charge in [0.15, 0.2) is 0 Å². The van der Waals surface area contributed by atoms with Crippen molar-refractivity contribution >= 4 is 28.3 Å². The van der Waals surface area contributed by atoms with Gasteiger partial charge in [-0.05, 0) is 37.1 Å². The molecule has 7 heteroatoms. The molecule has 25 heavy (non-hydrogen) atoms. The normalized spacial score (nSPS) is 16.1. The van der Waals surface area contributed by atoms with Crippen LogP contribution in [0.1, 0.15) is 39.4 Å². The van der Waals surface area contributed by atoms with Crippen molar-refractivity contribution in [2.45, 2.75) is 39.0 Å². The van der Waals surface area contributed by atoms with Crippen LogP contribution in [0.15, 0.2) is 24.3 Å². The molecule has 5 nitrogen and oxygen atoms in total. The van der Waals surface area contributed by atoms with Crippen LogP contribution in [0, 0.1) is 11.7 Å². The van der Waals surface area contributed by atoms with Gasteiger partial charge < -0.3 is 10.2 Å². The van der Waals surface area contributed by atoms with Crippen LogP contribution in [0.4, 0.5) is 15.2 Å². The summed E-state index contributed by atoms with van der Waals surface area (Å²) in [5.74, 6) is 0.525. The number of hydrogen-bond acceptors (Lipinski definition) is 5. The number of halogens is 1. The number of nitrogens with one attached hydrogen (secondary N) is 1. The Morgan fingerprint density at radius 2 is 1.88 bits per heavy atom. The van der Waals surface area contributed by atoms with Crippen molar-refractivity contribution in [1.82, 2.24) is 9.36 Å². The van der Waals surface area contributed by atoms with Gasteiger partial charge in [0.1, 0.15) is 11.6 Å². The first-order chi connectivity index (χ1) is 11.8. The summed E-state index contributed by atoms with van der Waals surface area (Å²) in [4.78, 5) is 19.2. The molecule has 1 aromatic heterocycles. The fourth-order valence-corrected chi connectivity index (χ4v) is 3.67.